The lowest BCUT2D eigenvalue weighted by Gasteiger charge is -2.31. The van der Waals surface area contributed by atoms with E-state index in [9.17, 15) is 0 Å². The largest absolute Gasteiger partial charge is 0.355 e. The maximum atomic E-state index is 5.88. The van der Waals surface area contributed by atoms with Crippen molar-refractivity contribution in [3.8, 4) is 0 Å². The van der Waals surface area contributed by atoms with Crippen LogP contribution in [-0.4, -0.2) is 29.1 Å². The summed E-state index contributed by atoms with van der Waals surface area (Å²) in [4.78, 5) is 10.2. The van der Waals surface area contributed by atoms with Crippen molar-refractivity contribution in [3.05, 3.63) is 17.5 Å². The Morgan fingerprint density at radius 3 is 2.93 bits per heavy atom. The van der Waals surface area contributed by atoms with Gasteiger partial charge in [0, 0.05) is 25.2 Å². The smallest absolute Gasteiger partial charge is 0.134 e. The fourth-order valence-electron chi connectivity index (χ4n) is 1.72. The first-order chi connectivity index (χ1) is 6.75. The summed E-state index contributed by atoms with van der Waals surface area (Å²) in [5, 5.41) is 0.481. The number of aromatic nitrogens is 2. The zero-order valence-electron chi connectivity index (χ0n) is 8.27. The fraction of sp³-hybridized carbons (Fsp3) is 0.556. The van der Waals surface area contributed by atoms with Crippen LogP contribution in [0.5, 0.6) is 0 Å². The fourth-order valence-corrected chi connectivity index (χ4v) is 1.86. The molecule has 1 unspecified atom stereocenters. The number of hydrogen-bond acceptors (Lipinski definition) is 4. The van der Waals surface area contributed by atoms with Gasteiger partial charge in [-0.2, -0.15) is 0 Å². The number of nitrogens with zero attached hydrogens (tertiary/aromatic N) is 3. The summed E-state index contributed by atoms with van der Waals surface area (Å²) in [6.45, 7) is 1.86. The second kappa shape index (κ2) is 5.49. The molecule has 1 aromatic rings. The molecule has 84 valence electrons. The third kappa shape index (κ3) is 3.19. The van der Waals surface area contributed by atoms with E-state index in [1.165, 1.54) is 6.33 Å². The van der Waals surface area contributed by atoms with Gasteiger partial charge in [0.2, 0.25) is 0 Å². The van der Waals surface area contributed by atoms with Crippen molar-refractivity contribution >= 4 is 29.8 Å². The summed E-state index contributed by atoms with van der Waals surface area (Å²) >= 11 is 5.79. The molecule has 0 radical (unpaired) electrons. The van der Waals surface area contributed by atoms with Crippen LogP contribution in [0.4, 0.5) is 5.82 Å². The summed E-state index contributed by atoms with van der Waals surface area (Å²) in [6, 6.07) is 2.03. The van der Waals surface area contributed by atoms with Crippen LogP contribution in [0.3, 0.4) is 0 Å². The van der Waals surface area contributed by atoms with Crippen molar-refractivity contribution in [3.63, 3.8) is 0 Å². The van der Waals surface area contributed by atoms with E-state index in [4.69, 9.17) is 17.3 Å². The topological polar surface area (TPSA) is 55.0 Å². The molecule has 0 aromatic carbocycles. The van der Waals surface area contributed by atoms with Crippen LogP contribution in [0.25, 0.3) is 0 Å². The molecule has 0 spiro atoms. The highest BCUT2D eigenvalue weighted by atomic mass is 35.5. The van der Waals surface area contributed by atoms with Crippen molar-refractivity contribution in [2.24, 2.45) is 5.73 Å². The number of hydrogen-bond donors (Lipinski definition) is 1. The third-order valence-corrected chi connectivity index (χ3v) is 2.61. The molecular formula is C9H14Cl2N4. The van der Waals surface area contributed by atoms with Gasteiger partial charge in [-0.3, -0.25) is 0 Å². The molecule has 4 nitrogen and oxygen atoms in total. The van der Waals surface area contributed by atoms with E-state index >= 15 is 0 Å². The standard InChI is InChI=1S/C9H13ClN4.ClH/c10-8-4-9(13-6-12-8)14-3-1-2-7(11)5-14;/h4,6-7H,1-3,5,11H2;1H. The van der Waals surface area contributed by atoms with Gasteiger partial charge in [-0.05, 0) is 12.8 Å². The quantitative estimate of drug-likeness (QED) is 0.766. The highest BCUT2D eigenvalue weighted by Crippen LogP contribution is 2.18. The Balaban J connectivity index is 0.00000112. The van der Waals surface area contributed by atoms with Gasteiger partial charge in [0.1, 0.15) is 17.3 Å². The number of nitrogens with two attached hydrogens (primary N) is 1. The minimum absolute atomic E-state index is 0. The van der Waals surface area contributed by atoms with Gasteiger partial charge in [0.05, 0.1) is 0 Å². The second-order valence-corrected chi connectivity index (χ2v) is 3.93. The number of anilines is 1. The molecule has 0 amide bonds. The van der Waals surface area contributed by atoms with Gasteiger partial charge in [0.25, 0.3) is 0 Å². The van der Waals surface area contributed by atoms with Gasteiger partial charge in [-0.25, -0.2) is 9.97 Å². The van der Waals surface area contributed by atoms with Crippen LogP contribution in [-0.2, 0) is 0 Å². The van der Waals surface area contributed by atoms with Crippen molar-refractivity contribution in [2.75, 3.05) is 18.0 Å². The molecule has 0 bridgehead atoms. The number of piperidine rings is 1. The van der Waals surface area contributed by atoms with Crippen molar-refractivity contribution in [1.82, 2.24) is 9.97 Å². The van der Waals surface area contributed by atoms with Crippen molar-refractivity contribution in [1.29, 1.82) is 0 Å². The summed E-state index contributed by atoms with van der Waals surface area (Å²) in [6.07, 6.45) is 3.69. The Morgan fingerprint density at radius 2 is 2.27 bits per heavy atom. The molecule has 1 aromatic heterocycles. The molecular weight excluding hydrogens is 235 g/mol. The Bertz CT molecular complexity index is 321. The molecule has 1 atom stereocenters. The highest BCUT2D eigenvalue weighted by molar-refractivity contribution is 6.29. The van der Waals surface area contributed by atoms with Gasteiger partial charge >= 0.3 is 0 Å². The van der Waals surface area contributed by atoms with Crippen LogP contribution in [0.15, 0.2) is 12.4 Å². The first kappa shape index (κ1) is 12.5. The van der Waals surface area contributed by atoms with Gasteiger partial charge in [0.15, 0.2) is 0 Å². The van der Waals surface area contributed by atoms with E-state index < -0.39 is 0 Å². The average Bonchev–Trinajstić information content (AvgIpc) is 2.18. The Hall–Kier alpha value is -0.580. The van der Waals surface area contributed by atoms with Crippen LogP contribution in [0.1, 0.15) is 12.8 Å². The lowest BCUT2D eigenvalue weighted by molar-refractivity contribution is 0.503. The molecule has 2 rings (SSSR count). The van der Waals surface area contributed by atoms with Crippen LogP contribution >= 0.6 is 24.0 Å². The third-order valence-electron chi connectivity index (χ3n) is 2.40. The molecule has 6 heteroatoms. The molecule has 1 aliphatic heterocycles. The summed E-state index contributed by atoms with van der Waals surface area (Å²) < 4.78 is 0. The molecule has 1 saturated heterocycles. The SMILES string of the molecule is Cl.NC1CCCN(c2cc(Cl)ncn2)C1. The first-order valence-corrected chi connectivity index (χ1v) is 5.11. The van der Waals surface area contributed by atoms with Crippen LogP contribution < -0.4 is 10.6 Å². The minimum Gasteiger partial charge on any atom is -0.355 e. The molecule has 1 fully saturated rings. The van der Waals surface area contributed by atoms with E-state index in [2.05, 4.69) is 14.9 Å². The number of rotatable bonds is 1. The van der Waals surface area contributed by atoms with E-state index in [-0.39, 0.29) is 18.4 Å². The zero-order valence-corrected chi connectivity index (χ0v) is 9.84. The average molecular weight is 249 g/mol. The van der Waals surface area contributed by atoms with E-state index in [1.807, 2.05) is 0 Å². The predicted molar refractivity (Wildman–Crippen MR) is 63.7 cm³/mol. The summed E-state index contributed by atoms with van der Waals surface area (Å²) in [5.74, 6) is 0.875. The summed E-state index contributed by atoms with van der Waals surface area (Å²) in [7, 11) is 0. The van der Waals surface area contributed by atoms with E-state index in [1.54, 1.807) is 6.07 Å². The Kier molecular flexibility index (Phi) is 4.57. The second-order valence-electron chi connectivity index (χ2n) is 3.55. The molecule has 0 aliphatic carbocycles. The molecule has 2 N–H and O–H groups in total. The molecule has 1 aliphatic rings. The van der Waals surface area contributed by atoms with Crippen molar-refractivity contribution < 1.29 is 0 Å². The lowest BCUT2D eigenvalue weighted by atomic mass is 10.1. The zero-order chi connectivity index (χ0) is 9.97. The minimum atomic E-state index is 0. The lowest BCUT2D eigenvalue weighted by Crippen LogP contribution is -2.43. The van der Waals surface area contributed by atoms with E-state index in [0.29, 0.717) is 5.15 Å². The maximum absolute atomic E-state index is 5.88. The van der Waals surface area contributed by atoms with Gasteiger partial charge in [-0.1, -0.05) is 11.6 Å². The number of halogens is 2. The van der Waals surface area contributed by atoms with E-state index in [0.717, 1.165) is 31.7 Å². The van der Waals surface area contributed by atoms with Gasteiger partial charge in [-0.15, -0.1) is 12.4 Å². The van der Waals surface area contributed by atoms with Crippen molar-refractivity contribution in [2.45, 2.75) is 18.9 Å². The summed E-state index contributed by atoms with van der Waals surface area (Å²) in [5.41, 5.74) is 5.88. The maximum Gasteiger partial charge on any atom is 0.134 e. The Labute approximate surface area is 100 Å². The van der Waals surface area contributed by atoms with Crippen LogP contribution in [0, 0.1) is 0 Å². The highest BCUT2D eigenvalue weighted by Gasteiger charge is 2.17. The Morgan fingerprint density at radius 1 is 1.47 bits per heavy atom. The van der Waals surface area contributed by atoms with Gasteiger partial charge < -0.3 is 10.6 Å². The normalized spacial score (nSPS) is 20.9. The monoisotopic (exact) mass is 248 g/mol. The van der Waals surface area contributed by atoms with Crippen LogP contribution in [0.2, 0.25) is 5.15 Å². The predicted octanol–water partition coefficient (Wildman–Crippen LogP) is 1.48. The molecule has 2 heterocycles. The molecule has 15 heavy (non-hydrogen) atoms. The molecule has 0 saturated carbocycles. The first-order valence-electron chi connectivity index (χ1n) is 4.74.